The first-order valence-electron chi connectivity index (χ1n) is 26.4. The van der Waals surface area contributed by atoms with Crippen LogP contribution in [0.4, 0.5) is 0 Å². The van der Waals surface area contributed by atoms with Gasteiger partial charge in [-0.2, -0.15) is 0 Å². The lowest BCUT2D eigenvalue weighted by Gasteiger charge is -2.24. The van der Waals surface area contributed by atoms with Gasteiger partial charge in [-0.1, -0.05) is 247 Å². The van der Waals surface area contributed by atoms with E-state index in [0.29, 0.717) is 19.3 Å². The maximum Gasteiger partial charge on any atom is 0.306 e. The molecule has 0 saturated heterocycles. The summed E-state index contributed by atoms with van der Waals surface area (Å²) < 4.78 is 5.88. The summed E-state index contributed by atoms with van der Waals surface area (Å²) in [4.78, 5) is 26.1. The van der Waals surface area contributed by atoms with Crippen molar-refractivity contribution in [3.63, 3.8) is 0 Å². The van der Waals surface area contributed by atoms with E-state index in [4.69, 9.17) is 4.74 Å². The van der Waals surface area contributed by atoms with Crippen LogP contribution < -0.4 is 5.32 Å². The number of hydrogen-bond donors (Lipinski definition) is 3. The molecule has 6 heteroatoms. The summed E-state index contributed by atoms with van der Waals surface area (Å²) in [6.45, 7) is 6.30. The second-order valence-corrected chi connectivity index (χ2v) is 17.7. The molecule has 0 aromatic carbocycles. The first-order valence-corrected chi connectivity index (χ1v) is 26.4. The van der Waals surface area contributed by atoms with E-state index in [1.54, 1.807) is 0 Å². The van der Waals surface area contributed by atoms with Crippen LogP contribution in [0.2, 0.25) is 0 Å². The Bertz CT molecular complexity index is 1210. The van der Waals surface area contributed by atoms with Crippen LogP contribution in [0.25, 0.3) is 0 Å². The van der Waals surface area contributed by atoms with Gasteiger partial charge in [0.1, 0.15) is 6.10 Å². The zero-order chi connectivity index (χ0) is 45.9. The predicted octanol–water partition coefficient (Wildman–Crippen LogP) is 16.0. The Morgan fingerprint density at radius 3 is 1.33 bits per heavy atom. The number of rotatable bonds is 46. The molecular weight excluding hydrogens is 779 g/mol. The third-order valence-electron chi connectivity index (χ3n) is 11.6. The Hall–Kier alpha value is -2.96. The summed E-state index contributed by atoms with van der Waals surface area (Å²) in [5.41, 5.74) is 0. The van der Waals surface area contributed by atoms with Gasteiger partial charge in [-0.3, -0.25) is 9.59 Å². The maximum atomic E-state index is 13.2. The molecule has 0 aliphatic carbocycles. The standard InChI is InChI=1S/C57H99NO5/c1-4-7-10-13-16-19-22-24-26-27-28-30-32-35-38-41-44-47-50-57(62)63-53(48-45-42-39-36-33-21-18-15-12-9-6-3)51-56(61)58-54(52-59)55(60)49-46-43-40-37-34-31-29-25-23-20-17-14-11-8-5-2/h9,12,15,18,21-22,24,26-28,30,33,36,39,53-55,59-60H,4-8,10-11,13-14,16-17,19-20,23,25,29,31-32,34-35,37-38,40-52H2,1-3H3,(H,58,61)/b12-9+,18-15+,24-22+,27-26+,30-28+,33-21-,39-36-. The van der Waals surface area contributed by atoms with Crippen LogP contribution >= 0.6 is 0 Å². The highest BCUT2D eigenvalue weighted by atomic mass is 16.5. The molecule has 0 rings (SSSR count). The number of amides is 1. The maximum absolute atomic E-state index is 13.2. The zero-order valence-electron chi connectivity index (χ0n) is 41.2. The third kappa shape index (κ3) is 45.4. The molecule has 3 N–H and O–H groups in total. The minimum atomic E-state index is -0.813. The summed E-state index contributed by atoms with van der Waals surface area (Å²) in [5.74, 6) is -0.568. The van der Waals surface area contributed by atoms with Gasteiger partial charge in [0, 0.05) is 6.42 Å². The smallest absolute Gasteiger partial charge is 0.306 e. The first-order chi connectivity index (χ1) is 31.0. The molecule has 0 aromatic rings. The highest BCUT2D eigenvalue weighted by Gasteiger charge is 2.24. The van der Waals surface area contributed by atoms with Crippen molar-refractivity contribution in [2.45, 2.75) is 257 Å². The number of unbranched alkanes of at least 4 members (excludes halogenated alkanes) is 25. The van der Waals surface area contributed by atoms with Crippen LogP contribution in [-0.4, -0.2) is 46.9 Å². The largest absolute Gasteiger partial charge is 0.462 e. The lowest BCUT2D eigenvalue weighted by atomic mass is 10.0. The number of esters is 1. The molecule has 6 nitrogen and oxygen atoms in total. The molecule has 3 unspecified atom stereocenters. The van der Waals surface area contributed by atoms with Crippen LogP contribution in [0.5, 0.6) is 0 Å². The average Bonchev–Trinajstić information content (AvgIpc) is 3.28. The molecule has 0 bridgehead atoms. The lowest BCUT2D eigenvalue weighted by molar-refractivity contribution is -0.151. The van der Waals surface area contributed by atoms with Crippen LogP contribution in [0, 0.1) is 0 Å². The van der Waals surface area contributed by atoms with Crippen molar-refractivity contribution in [2.75, 3.05) is 6.61 Å². The molecule has 0 heterocycles. The zero-order valence-corrected chi connectivity index (χ0v) is 41.2. The van der Waals surface area contributed by atoms with Crippen molar-refractivity contribution >= 4 is 11.9 Å². The summed E-state index contributed by atoms with van der Waals surface area (Å²) in [7, 11) is 0. The molecular formula is C57H99NO5. The Labute approximate surface area is 389 Å². The van der Waals surface area contributed by atoms with Gasteiger partial charge in [0.2, 0.25) is 5.91 Å². The van der Waals surface area contributed by atoms with Crippen molar-refractivity contribution in [3.8, 4) is 0 Å². The van der Waals surface area contributed by atoms with Crippen LogP contribution in [-0.2, 0) is 14.3 Å². The van der Waals surface area contributed by atoms with Crippen LogP contribution in [0.3, 0.4) is 0 Å². The normalized spacial score (nSPS) is 13.9. The third-order valence-corrected chi connectivity index (χ3v) is 11.6. The molecule has 3 atom stereocenters. The number of nitrogens with one attached hydrogen (secondary N) is 1. The monoisotopic (exact) mass is 878 g/mol. The molecule has 0 spiro atoms. The van der Waals surface area contributed by atoms with E-state index in [1.807, 2.05) is 36.5 Å². The fourth-order valence-corrected chi connectivity index (χ4v) is 7.62. The minimum Gasteiger partial charge on any atom is -0.462 e. The van der Waals surface area contributed by atoms with Crippen molar-refractivity contribution < 1.29 is 24.5 Å². The molecule has 0 aliphatic heterocycles. The molecule has 362 valence electrons. The number of carbonyl (C=O) groups excluding carboxylic acids is 2. The number of hydrogen-bond acceptors (Lipinski definition) is 5. The molecule has 0 radical (unpaired) electrons. The van der Waals surface area contributed by atoms with E-state index >= 15 is 0 Å². The van der Waals surface area contributed by atoms with Gasteiger partial charge < -0.3 is 20.3 Å². The average molecular weight is 878 g/mol. The van der Waals surface area contributed by atoms with Gasteiger partial charge in [-0.25, -0.2) is 0 Å². The van der Waals surface area contributed by atoms with Gasteiger partial charge in [-0.05, 0) is 64.2 Å². The molecule has 0 fully saturated rings. The Balaban J connectivity index is 4.61. The molecule has 63 heavy (non-hydrogen) atoms. The van der Waals surface area contributed by atoms with Crippen molar-refractivity contribution in [3.05, 3.63) is 85.1 Å². The van der Waals surface area contributed by atoms with Gasteiger partial charge in [0.15, 0.2) is 0 Å². The highest BCUT2D eigenvalue weighted by Crippen LogP contribution is 2.17. The van der Waals surface area contributed by atoms with Gasteiger partial charge in [0.25, 0.3) is 0 Å². The number of allylic oxidation sites excluding steroid dienone is 14. The van der Waals surface area contributed by atoms with E-state index in [0.717, 1.165) is 83.5 Å². The van der Waals surface area contributed by atoms with Crippen molar-refractivity contribution in [1.29, 1.82) is 0 Å². The second-order valence-electron chi connectivity index (χ2n) is 17.7. The number of carbonyl (C=O) groups is 2. The Morgan fingerprint density at radius 1 is 0.476 bits per heavy atom. The second kappa shape index (κ2) is 50.0. The molecule has 0 saturated carbocycles. The minimum absolute atomic E-state index is 0.0196. The van der Waals surface area contributed by atoms with E-state index < -0.39 is 18.2 Å². The number of aliphatic hydroxyl groups excluding tert-OH is 2. The van der Waals surface area contributed by atoms with E-state index in [2.05, 4.69) is 74.7 Å². The Kier molecular flexibility index (Phi) is 47.7. The SMILES string of the molecule is CC/C=C/C=C/C=C\C=C/CCCC(CC(=O)NC(CO)C(O)CCCCCCCCCCCCCCCCC)OC(=O)CCCCCCC/C=C/C=C/C=C/CCCCCCC. The van der Waals surface area contributed by atoms with Gasteiger partial charge in [-0.15, -0.1) is 0 Å². The molecule has 0 aliphatic rings. The van der Waals surface area contributed by atoms with Crippen molar-refractivity contribution in [2.24, 2.45) is 0 Å². The van der Waals surface area contributed by atoms with Crippen molar-refractivity contribution in [1.82, 2.24) is 5.32 Å². The summed E-state index contributed by atoms with van der Waals surface area (Å²) in [5, 5.41) is 23.8. The Morgan fingerprint density at radius 2 is 0.873 bits per heavy atom. The first kappa shape index (κ1) is 60.0. The van der Waals surface area contributed by atoms with Gasteiger partial charge >= 0.3 is 5.97 Å². The van der Waals surface area contributed by atoms with E-state index in [9.17, 15) is 19.8 Å². The predicted molar refractivity (Wildman–Crippen MR) is 273 cm³/mol. The number of aliphatic hydroxyl groups is 2. The lowest BCUT2D eigenvalue weighted by Crippen LogP contribution is -2.46. The summed E-state index contributed by atoms with van der Waals surface area (Å²) >= 11 is 0. The fraction of sp³-hybridized carbons (Fsp3) is 0.719. The quantitative estimate of drug-likeness (QED) is 0.0322. The summed E-state index contributed by atoms with van der Waals surface area (Å²) in [6, 6.07) is -0.731. The molecule has 1 amide bonds. The molecule has 0 aromatic heterocycles. The summed E-state index contributed by atoms with van der Waals surface area (Å²) in [6.07, 6.45) is 65.1. The topological polar surface area (TPSA) is 95.9 Å². The van der Waals surface area contributed by atoms with Crippen LogP contribution in [0.1, 0.15) is 239 Å². The number of ether oxygens (including phenoxy) is 1. The van der Waals surface area contributed by atoms with Crippen LogP contribution in [0.15, 0.2) is 85.1 Å². The van der Waals surface area contributed by atoms with Gasteiger partial charge in [0.05, 0.1) is 25.2 Å². The fourth-order valence-electron chi connectivity index (χ4n) is 7.62. The van der Waals surface area contributed by atoms with E-state index in [-0.39, 0.29) is 24.9 Å². The van der Waals surface area contributed by atoms with E-state index in [1.165, 1.54) is 109 Å². The highest BCUT2D eigenvalue weighted by molar-refractivity contribution is 5.77.